The number of halogens is 1. The second-order valence-corrected chi connectivity index (χ2v) is 4.71. The van der Waals surface area contributed by atoms with Gasteiger partial charge in [-0.2, -0.15) is 4.39 Å². The molecule has 0 aliphatic carbocycles. The Morgan fingerprint density at radius 3 is 2.65 bits per heavy atom. The molecule has 0 N–H and O–H groups in total. The van der Waals surface area contributed by atoms with E-state index in [9.17, 15) is 9.18 Å². The second-order valence-electron chi connectivity index (χ2n) is 4.71. The summed E-state index contributed by atoms with van der Waals surface area (Å²) in [6.45, 7) is 0. The number of benzene rings is 1. The first-order valence-corrected chi connectivity index (χ1v) is 6.44. The zero-order chi connectivity index (χ0) is 14.1. The third-order valence-corrected chi connectivity index (χ3v) is 3.58. The topological polar surface area (TPSA) is 31.2 Å². The minimum atomic E-state index is -0.387. The Bertz CT molecular complexity index is 683. The van der Waals surface area contributed by atoms with Crippen molar-refractivity contribution in [3.8, 4) is 0 Å². The summed E-state index contributed by atoms with van der Waals surface area (Å²) in [5.74, 6) is -0.621. The number of nitrogens with zero attached hydrogens (tertiary/aromatic N) is 1. The van der Waals surface area contributed by atoms with Crippen molar-refractivity contribution >= 4 is 17.5 Å². The molecule has 2 heterocycles. The van der Waals surface area contributed by atoms with E-state index in [1.165, 1.54) is 7.11 Å². The molecule has 0 unspecified atom stereocenters. The first kappa shape index (κ1) is 12.7. The summed E-state index contributed by atoms with van der Waals surface area (Å²) in [5.41, 5.74) is 2.92. The third kappa shape index (κ3) is 2.03. The fourth-order valence-electron chi connectivity index (χ4n) is 2.50. The highest BCUT2D eigenvalue weighted by molar-refractivity contribution is 5.90. The average Bonchev–Trinajstić information content (AvgIpc) is 2.96. The van der Waals surface area contributed by atoms with Crippen molar-refractivity contribution in [1.29, 1.82) is 0 Å². The number of carbonyl (C=O) groups excluding carboxylic acids is 1. The van der Waals surface area contributed by atoms with Crippen LogP contribution in [0.3, 0.4) is 0 Å². The number of aromatic nitrogens is 1. The molecule has 1 aliphatic rings. The maximum atomic E-state index is 14.4. The summed E-state index contributed by atoms with van der Waals surface area (Å²) in [7, 11) is 1.34. The number of esters is 1. The minimum absolute atomic E-state index is 0.234. The molecule has 3 rings (SSSR count). The van der Waals surface area contributed by atoms with Gasteiger partial charge < -0.3 is 4.74 Å². The van der Waals surface area contributed by atoms with E-state index in [1.54, 1.807) is 35.0 Å². The lowest BCUT2D eigenvalue weighted by molar-refractivity contribution is 0.0600. The summed E-state index contributed by atoms with van der Waals surface area (Å²) in [5, 5.41) is 0. The van der Waals surface area contributed by atoms with Crippen LogP contribution in [0.4, 0.5) is 4.39 Å². The first-order chi connectivity index (χ1) is 9.70. The predicted octanol–water partition coefficient (Wildman–Crippen LogP) is 3.52. The molecule has 20 heavy (non-hydrogen) atoms. The number of ether oxygens (including phenoxy) is 1. The molecule has 0 atom stereocenters. The Labute approximate surface area is 116 Å². The van der Waals surface area contributed by atoms with Crippen molar-refractivity contribution < 1.29 is 13.9 Å². The second kappa shape index (κ2) is 4.96. The predicted molar refractivity (Wildman–Crippen MR) is 74.8 cm³/mol. The Morgan fingerprint density at radius 1 is 1.20 bits per heavy atom. The first-order valence-electron chi connectivity index (χ1n) is 6.44. The van der Waals surface area contributed by atoms with E-state index in [4.69, 9.17) is 0 Å². The highest BCUT2D eigenvalue weighted by Crippen LogP contribution is 2.33. The highest BCUT2D eigenvalue weighted by atomic mass is 19.1. The van der Waals surface area contributed by atoms with E-state index in [-0.39, 0.29) is 11.9 Å². The fraction of sp³-hybridized carbons (Fsp3) is 0.188. The van der Waals surface area contributed by atoms with Crippen LogP contribution in [0, 0.1) is 0 Å². The zero-order valence-electron chi connectivity index (χ0n) is 11.1. The average molecular weight is 271 g/mol. The largest absolute Gasteiger partial charge is 0.465 e. The molecule has 0 spiro atoms. The lowest BCUT2D eigenvalue weighted by atomic mass is 9.97. The van der Waals surface area contributed by atoms with Gasteiger partial charge >= 0.3 is 5.97 Å². The van der Waals surface area contributed by atoms with Crippen LogP contribution in [0.5, 0.6) is 0 Å². The van der Waals surface area contributed by atoms with Crippen molar-refractivity contribution in [2.45, 2.75) is 12.8 Å². The van der Waals surface area contributed by atoms with Crippen LogP contribution >= 0.6 is 0 Å². The molecule has 0 saturated carbocycles. The molecule has 1 aromatic carbocycles. The number of hydrogen-bond acceptors (Lipinski definition) is 2. The van der Waals surface area contributed by atoms with Crippen molar-refractivity contribution in [2.75, 3.05) is 7.11 Å². The smallest absolute Gasteiger partial charge is 0.337 e. The molecule has 1 aliphatic heterocycles. The molecule has 0 amide bonds. The molecule has 0 bridgehead atoms. The summed E-state index contributed by atoms with van der Waals surface area (Å²) < 4.78 is 20.7. The van der Waals surface area contributed by atoms with Gasteiger partial charge in [0.1, 0.15) is 0 Å². The van der Waals surface area contributed by atoms with Gasteiger partial charge in [-0.15, -0.1) is 0 Å². The monoisotopic (exact) mass is 271 g/mol. The number of fused-ring (bicyclic) bond motifs is 1. The molecular weight excluding hydrogens is 257 g/mol. The van der Waals surface area contributed by atoms with E-state index in [2.05, 4.69) is 4.74 Å². The van der Waals surface area contributed by atoms with Gasteiger partial charge in [0.15, 0.2) is 0 Å². The van der Waals surface area contributed by atoms with Crippen molar-refractivity contribution in [1.82, 2.24) is 4.57 Å². The number of carbonyl (C=O) groups is 1. The number of allylic oxidation sites excluding steroid dienone is 1. The van der Waals surface area contributed by atoms with Gasteiger partial charge in [-0.1, -0.05) is 12.1 Å². The Hall–Kier alpha value is -2.36. The van der Waals surface area contributed by atoms with Crippen LogP contribution in [0.2, 0.25) is 0 Å². The van der Waals surface area contributed by atoms with E-state index in [1.807, 2.05) is 12.1 Å². The van der Waals surface area contributed by atoms with E-state index >= 15 is 0 Å². The van der Waals surface area contributed by atoms with Gasteiger partial charge in [-0.05, 0) is 42.7 Å². The Morgan fingerprint density at radius 2 is 1.95 bits per heavy atom. The molecule has 0 radical (unpaired) electrons. The van der Waals surface area contributed by atoms with Gasteiger partial charge in [0, 0.05) is 17.5 Å². The lowest BCUT2D eigenvalue weighted by Gasteiger charge is -2.18. The van der Waals surface area contributed by atoms with Crippen LogP contribution in [0.25, 0.3) is 11.5 Å². The molecule has 0 fully saturated rings. The van der Waals surface area contributed by atoms with Gasteiger partial charge in [0.25, 0.3) is 0 Å². The normalized spacial score (nSPS) is 14.1. The lowest BCUT2D eigenvalue weighted by Crippen LogP contribution is -2.08. The van der Waals surface area contributed by atoms with Gasteiger partial charge in [-0.3, -0.25) is 4.57 Å². The SMILES string of the molecule is COC(=O)c1ccc(C2=C(F)n3cccc3CC2)cc1. The van der Waals surface area contributed by atoms with E-state index < -0.39 is 0 Å². The number of aryl methyl sites for hydroxylation is 1. The third-order valence-electron chi connectivity index (χ3n) is 3.58. The quantitative estimate of drug-likeness (QED) is 0.783. The molecule has 102 valence electrons. The van der Waals surface area contributed by atoms with Crippen molar-refractivity contribution in [3.63, 3.8) is 0 Å². The molecule has 4 heteroatoms. The molecular formula is C16H14FNO2. The van der Waals surface area contributed by atoms with Crippen molar-refractivity contribution in [2.24, 2.45) is 0 Å². The molecule has 1 aromatic heterocycles. The standard InChI is InChI=1S/C16H14FNO2/c1-20-16(19)12-6-4-11(5-7-12)14-9-8-13-3-2-10-18(13)15(14)17/h2-7,10H,8-9H2,1H3. The summed E-state index contributed by atoms with van der Waals surface area (Å²) in [6, 6.07) is 10.6. The Kier molecular flexibility index (Phi) is 3.14. The Balaban J connectivity index is 1.98. The number of methoxy groups -OCH3 is 1. The number of rotatable bonds is 2. The van der Waals surface area contributed by atoms with Crippen LogP contribution < -0.4 is 0 Å². The summed E-state index contributed by atoms with van der Waals surface area (Å²) in [4.78, 5) is 11.4. The molecule has 3 nitrogen and oxygen atoms in total. The van der Waals surface area contributed by atoms with Crippen LogP contribution in [0.1, 0.15) is 28.0 Å². The molecule has 0 saturated heterocycles. The van der Waals surface area contributed by atoms with Crippen molar-refractivity contribution in [3.05, 3.63) is 59.4 Å². The highest BCUT2D eigenvalue weighted by Gasteiger charge is 2.19. The van der Waals surface area contributed by atoms with Crippen LogP contribution in [-0.2, 0) is 11.2 Å². The van der Waals surface area contributed by atoms with Gasteiger partial charge in [0.2, 0.25) is 5.95 Å². The maximum absolute atomic E-state index is 14.4. The van der Waals surface area contributed by atoms with E-state index in [0.29, 0.717) is 17.6 Å². The zero-order valence-corrected chi connectivity index (χ0v) is 11.1. The molecule has 2 aromatic rings. The number of hydrogen-bond donors (Lipinski definition) is 0. The maximum Gasteiger partial charge on any atom is 0.337 e. The van der Waals surface area contributed by atoms with Crippen LogP contribution in [0.15, 0.2) is 42.6 Å². The van der Waals surface area contributed by atoms with Crippen LogP contribution in [-0.4, -0.2) is 17.6 Å². The van der Waals surface area contributed by atoms with E-state index in [0.717, 1.165) is 17.7 Å². The van der Waals surface area contributed by atoms with Gasteiger partial charge in [0.05, 0.1) is 12.7 Å². The van der Waals surface area contributed by atoms with Gasteiger partial charge in [-0.25, -0.2) is 4.79 Å². The summed E-state index contributed by atoms with van der Waals surface area (Å²) in [6.07, 6.45) is 3.20. The summed E-state index contributed by atoms with van der Waals surface area (Å²) >= 11 is 0. The minimum Gasteiger partial charge on any atom is -0.465 e. The fourth-order valence-corrected chi connectivity index (χ4v) is 2.50.